The topological polar surface area (TPSA) is 83.7 Å². The van der Waals surface area contributed by atoms with Gasteiger partial charge in [0.2, 0.25) is 5.82 Å². The van der Waals surface area contributed by atoms with Gasteiger partial charge in [0.05, 0.1) is 11.0 Å². The van der Waals surface area contributed by atoms with E-state index in [-0.39, 0.29) is 17.4 Å². The lowest BCUT2D eigenvalue weighted by Gasteiger charge is -2.17. The Balaban J connectivity index is 2.18. The van der Waals surface area contributed by atoms with Crippen molar-refractivity contribution in [3.8, 4) is 0 Å². The van der Waals surface area contributed by atoms with Crippen LogP contribution >= 0.6 is 0 Å². The standard InChI is InChI=1S/C13H15FN2O4/c1-8(17)10-4-5-15(7-10)13(18)9-2-3-11(14)12(6-9)16(19)20/h2-3,6,8,10,17H,4-5,7H2,1H3. The molecule has 1 aromatic rings. The molecule has 1 heterocycles. The number of likely N-dealkylation sites (tertiary alicyclic amines) is 1. The number of aliphatic hydroxyl groups is 1. The summed E-state index contributed by atoms with van der Waals surface area (Å²) in [7, 11) is 0. The van der Waals surface area contributed by atoms with Gasteiger partial charge in [-0.3, -0.25) is 14.9 Å². The predicted octanol–water partition coefficient (Wildman–Crippen LogP) is 1.58. The predicted molar refractivity (Wildman–Crippen MR) is 68.7 cm³/mol. The number of halogens is 1. The van der Waals surface area contributed by atoms with Crippen LogP contribution in [-0.4, -0.2) is 40.0 Å². The van der Waals surface area contributed by atoms with Gasteiger partial charge >= 0.3 is 5.69 Å². The lowest BCUT2D eigenvalue weighted by Crippen LogP contribution is -2.30. The van der Waals surface area contributed by atoms with Gasteiger partial charge in [-0.15, -0.1) is 0 Å². The number of nitro groups is 1. The van der Waals surface area contributed by atoms with Gasteiger partial charge in [-0.2, -0.15) is 4.39 Å². The molecule has 2 atom stereocenters. The lowest BCUT2D eigenvalue weighted by molar-refractivity contribution is -0.387. The minimum atomic E-state index is -0.963. The van der Waals surface area contributed by atoms with Gasteiger partial charge in [0.25, 0.3) is 5.91 Å². The molecule has 1 fully saturated rings. The number of amides is 1. The van der Waals surface area contributed by atoms with Crippen LogP contribution in [0.5, 0.6) is 0 Å². The second-order valence-electron chi connectivity index (χ2n) is 4.96. The van der Waals surface area contributed by atoms with Gasteiger partial charge in [0.15, 0.2) is 0 Å². The van der Waals surface area contributed by atoms with Crippen molar-refractivity contribution in [3.05, 3.63) is 39.7 Å². The van der Waals surface area contributed by atoms with Crippen LogP contribution in [0.4, 0.5) is 10.1 Å². The van der Waals surface area contributed by atoms with Crippen molar-refractivity contribution < 1.29 is 19.2 Å². The first-order chi connectivity index (χ1) is 9.40. The van der Waals surface area contributed by atoms with Crippen LogP contribution in [0.15, 0.2) is 18.2 Å². The number of nitrogens with zero attached hydrogens (tertiary/aromatic N) is 2. The fraction of sp³-hybridized carbons (Fsp3) is 0.462. The van der Waals surface area contributed by atoms with E-state index in [4.69, 9.17) is 0 Å². The maximum absolute atomic E-state index is 13.2. The van der Waals surface area contributed by atoms with E-state index in [1.807, 2.05) is 0 Å². The Kier molecular flexibility index (Phi) is 3.99. The van der Waals surface area contributed by atoms with Crippen molar-refractivity contribution in [2.45, 2.75) is 19.4 Å². The molecule has 6 nitrogen and oxygen atoms in total. The van der Waals surface area contributed by atoms with Gasteiger partial charge in [0.1, 0.15) is 0 Å². The van der Waals surface area contributed by atoms with Crippen molar-refractivity contribution in [2.24, 2.45) is 5.92 Å². The summed E-state index contributed by atoms with van der Waals surface area (Å²) >= 11 is 0. The molecule has 0 saturated carbocycles. The van der Waals surface area contributed by atoms with Crippen molar-refractivity contribution in [1.82, 2.24) is 4.90 Å². The number of benzene rings is 1. The number of aliphatic hydroxyl groups excluding tert-OH is 1. The summed E-state index contributed by atoms with van der Waals surface area (Å²) in [6.45, 7) is 2.56. The number of hydrogen-bond donors (Lipinski definition) is 1. The van der Waals surface area contributed by atoms with Crippen molar-refractivity contribution in [3.63, 3.8) is 0 Å². The molecule has 108 valence electrons. The minimum absolute atomic E-state index is 0.00869. The third-order valence-electron chi connectivity index (χ3n) is 3.58. The number of rotatable bonds is 3. The molecule has 0 spiro atoms. The van der Waals surface area contributed by atoms with Crippen LogP contribution < -0.4 is 0 Å². The Morgan fingerprint density at radius 3 is 2.85 bits per heavy atom. The molecule has 7 heteroatoms. The van der Waals surface area contributed by atoms with E-state index in [1.54, 1.807) is 6.92 Å². The van der Waals surface area contributed by atoms with Crippen LogP contribution in [0.25, 0.3) is 0 Å². The lowest BCUT2D eigenvalue weighted by atomic mass is 10.0. The Morgan fingerprint density at radius 2 is 2.30 bits per heavy atom. The van der Waals surface area contributed by atoms with Crippen LogP contribution in [0.3, 0.4) is 0 Å². The Labute approximate surface area is 115 Å². The summed E-state index contributed by atoms with van der Waals surface area (Å²) in [5, 5.41) is 20.2. The van der Waals surface area contributed by atoms with E-state index in [2.05, 4.69) is 0 Å². The van der Waals surface area contributed by atoms with Crippen LogP contribution in [0, 0.1) is 21.8 Å². The molecule has 1 aliphatic heterocycles. The number of hydrogen-bond acceptors (Lipinski definition) is 4. The quantitative estimate of drug-likeness (QED) is 0.674. The fourth-order valence-electron chi connectivity index (χ4n) is 2.33. The maximum Gasteiger partial charge on any atom is 0.305 e. The monoisotopic (exact) mass is 282 g/mol. The average Bonchev–Trinajstić information content (AvgIpc) is 2.87. The van der Waals surface area contributed by atoms with Gasteiger partial charge in [0, 0.05) is 30.6 Å². The van der Waals surface area contributed by atoms with E-state index in [0.29, 0.717) is 19.5 Å². The molecule has 20 heavy (non-hydrogen) atoms. The van der Waals surface area contributed by atoms with E-state index in [1.165, 1.54) is 11.0 Å². The smallest absolute Gasteiger partial charge is 0.305 e. The first-order valence-corrected chi connectivity index (χ1v) is 6.31. The van der Waals surface area contributed by atoms with E-state index < -0.39 is 22.5 Å². The summed E-state index contributed by atoms with van der Waals surface area (Å²) in [6.07, 6.45) is 0.183. The van der Waals surface area contributed by atoms with Crippen molar-refractivity contribution in [2.75, 3.05) is 13.1 Å². The van der Waals surface area contributed by atoms with Gasteiger partial charge in [-0.1, -0.05) is 0 Å². The molecule has 2 unspecified atom stereocenters. The van der Waals surface area contributed by atoms with Crippen LogP contribution in [0.2, 0.25) is 0 Å². The van der Waals surface area contributed by atoms with Crippen molar-refractivity contribution in [1.29, 1.82) is 0 Å². The highest BCUT2D eigenvalue weighted by Crippen LogP contribution is 2.24. The highest BCUT2D eigenvalue weighted by atomic mass is 19.1. The summed E-state index contributed by atoms with van der Waals surface area (Å²) < 4.78 is 13.2. The largest absolute Gasteiger partial charge is 0.393 e. The van der Waals surface area contributed by atoms with E-state index in [9.17, 15) is 24.4 Å². The zero-order chi connectivity index (χ0) is 14.9. The minimum Gasteiger partial charge on any atom is -0.393 e. The van der Waals surface area contributed by atoms with Crippen molar-refractivity contribution >= 4 is 11.6 Å². The molecule has 0 radical (unpaired) electrons. The highest BCUT2D eigenvalue weighted by Gasteiger charge is 2.30. The number of carbonyl (C=O) groups excluding carboxylic acids is 1. The molecule has 0 aromatic heterocycles. The third kappa shape index (κ3) is 2.77. The number of carbonyl (C=O) groups is 1. The molecular weight excluding hydrogens is 267 g/mol. The number of nitro benzene ring substituents is 1. The molecule has 1 aliphatic rings. The fourth-order valence-corrected chi connectivity index (χ4v) is 2.33. The molecule has 0 aliphatic carbocycles. The molecular formula is C13H15FN2O4. The second-order valence-corrected chi connectivity index (χ2v) is 4.96. The Hall–Kier alpha value is -2.02. The molecule has 1 saturated heterocycles. The van der Waals surface area contributed by atoms with Crippen LogP contribution in [0.1, 0.15) is 23.7 Å². The van der Waals surface area contributed by atoms with Gasteiger partial charge in [-0.25, -0.2) is 0 Å². The van der Waals surface area contributed by atoms with E-state index >= 15 is 0 Å². The molecule has 1 amide bonds. The molecule has 2 rings (SSSR count). The van der Waals surface area contributed by atoms with Gasteiger partial charge < -0.3 is 10.0 Å². The Bertz CT molecular complexity index is 547. The average molecular weight is 282 g/mol. The summed E-state index contributed by atoms with van der Waals surface area (Å²) in [5.41, 5.74) is -0.619. The third-order valence-corrected chi connectivity index (χ3v) is 3.58. The van der Waals surface area contributed by atoms with Crippen LogP contribution in [-0.2, 0) is 0 Å². The highest BCUT2D eigenvalue weighted by molar-refractivity contribution is 5.95. The zero-order valence-electron chi connectivity index (χ0n) is 11.0. The summed E-state index contributed by atoms with van der Waals surface area (Å²) in [5.74, 6) is -1.33. The first kappa shape index (κ1) is 14.4. The second kappa shape index (κ2) is 5.54. The first-order valence-electron chi connectivity index (χ1n) is 6.31. The maximum atomic E-state index is 13.2. The molecule has 1 N–H and O–H groups in total. The van der Waals surface area contributed by atoms with Gasteiger partial charge in [-0.05, 0) is 25.5 Å². The zero-order valence-corrected chi connectivity index (χ0v) is 11.0. The normalized spacial score (nSPS) is 19.9. The SMILES string of the molecule is CC(O)C1CCN(C(=O)c2ccc(F)c([N+](=O)[O-])c2)C1. The summed E-state index contributed by atoms with van der Waals surface area (Å²) in [4.78, 5) is 23.5. The molecule has 0 bridgehead atoms. The van der Waals surface area contributed by atoms with E-state index in [0.717, 1.165) is 12.1 Å². The summed E-state index contributed by atoms with van der Waals surface area (Å²) in [6, 6.07) is 3.11. The molecule has 1 aromatic carbocycles. The Morgan fingerprint density at radius 1 is 1.60 bits per heavy atom.